The molecule has 0 aliphatic carbocycles. The lowest BCUT2D eigenvalue weighted by Crippen LogP contribution is -2.30. The number of nitrogens with one attached hydrogen (secondary N) is 2. The van der Waals surface area contributed by atoms with E-state index in [4.69, 9.17) is 12.2 Å². The average molecular weight is 547 g/mol. The summed E-state index contributed by atoms with van der Waals surface area (Å²) in [6.07, 6.45) is 4.99. The van der Waals surface area contributed by atoms with Crippen LogP contribution < -0.4 is 19.8 Å². The van der Waals surface area contributed by atoms with Crippen LogP contribution in [0.15, 0.2) is 85.2 Å². The quantitative estimate of drug-likeness (QED) is 0.323. The van der Waals surface area contributed by atoms with Crippen LogP contribution in [0.1, 0.15) is 29.0 Å². The van der Waals surface area contributed by atoms with Crippen LogP contribution >= 0.6 is 12.2 Å². The van der Waals surface area contributed by atoms with Gasteiger partial charge in [0.15, 0.2) is 5.11 Å². The Balaban J connectivity index is 1.61. The Morgan fingerprint density at radius 2 is 1.74 bits per heavy atom. The highest BCUT2D eigenvalue weighted by Gasteiger charge is 2.42. The van der Waals surface area contributed by atoms with Gasteiger partial charge in [-0.3, -0.25) is 9.71 Å². The minimum Gasteiger partial charge on any atom is -0.378 e. The molecule has 4 aromatic rings. The first kappa shape index (κ1) is 25.7. The van der Waals surface area contributed by atoms with Crippen molar-refractivity contribution in [3.8, 4) is 5.69 Å². The average Bonchev–Trinajstić information content (AvgIpc) is 3.49. The van der Waals surface area contributed by atoms with Gasteiger partial charge in [0.05, 0.1) is 23.7 Å². The predicted octanol–water partition coefficient (Wildman–Crippen LogP) is 4.80. The minimum absolute atomic E-state index is 0.201. The summed E-state index contributed by atoms with van der Waals surface area (Å²) in [5, 5.41) is 4.07. The standard InChI is InChI=1S/C28H30N6O2S2/c1-19-18-22(14-15-23(19)31-38(4,35)36)34-27(26(30-28(34)37)24-8-5-6-16-29-24)25-9-7-17-33(25)21-12-10-20(11-13-21)32(2)3/h5-18,26-27,31H,1-4H3,(H,30,37)/t26-,27+/m1/s1. The maximum atomic E-state index is 11.8. The van der Waals surface area contributed by atoms with Crippen LogP contribution in [0.2, 0.25) is 0 Å². The lowest BCUT2D eigenvalue weighted by atomic mass is 10.0. The molecule has 196 valence electrons. The van der Waals surface area contributed by atoms with Gasteiger partial charge in [-0.05, 0) is 91.4 Å². The molecule has 1 saturated heterocycles. The number of benzene rings is 2. The fourth-order valence-electron chi connectivity index (χ4n) is 4.83. The minimum atomic E-state index is -3.39. The van der Waals surface area contributed by atoms with E-state index in [1.807, 2.05) is 57.4 Å². The van der Waals surface area contributed by atoms with E-state index in [9.17, 15) is 8.42 Å². The lowest BCUT2D eigenvalue weighted by Gasteiger charge is -2.29. The van der Waals surface area contributed by atoms with Gasteiger partial charge < -0.3 is 19.7 Å². The number of aryl methyl sites for hydroxylation is 1. The number of pyridine rings is 1. The van der Waals surface area contributed by atoms with Crippen LogP contribution in [0, 0.1) is 6.92 Å². The van der Waals surface area contributed by atoms with Gasteiger partial charge >= 0.3 is 0 Å². The Hall–Kier alpha value is -3.89. The molecule has 5 rings (SSSR count). The first-order valence-corrected chi connectivity index (χ1v) is 14.5. The van der Waals surface area contributed by atoms with E-state index in [-0.39, 0.29) is 12.1 Å². The molecule has 1 fully saturated rings. The lowest BCUT2D eigenvalue weighted by molar-refractivity contribution is 0.549. The molecule has 8 nitrogen and oxygen atoms in total. The first-order chi connectivity index (χ1) is 18.1. The Labute approximate surface area is 229 Å². The number of aromatic nitrogens is 2. The predicted molar refractivity (Wildman–Crippen MR) is 158 cm³/mol. The summed E-state index contributed by atoms with van der Waals surface area (Å²) in [7, 11) is 0.652. The fourth-order valence-corrected chi connectivity index (χ4v) is 5.80. The molecule has 2 aromatic heterocycles. The highest BCUT2D eigenvalue weighted by Crippen LogP contribution is 2.43. The summed E-state index contributed by atoms with van der Waals surface area (Å²) in [4.78, 5) is 8.81. The smallest absolute Gasteiger partial charge is 0.229 e. The van der Waals surface area contributed by atoms with Gasteiger partial charge in [-0.2, -0.15) is 0 Å². The van der Waals surface area contributed by atoms with E-state index < -0.39 is 10.0 Å². The van der Waals surface area contributed by atoms with Crippen LogP contribution in [0.4, 0.5) is 17.1 Å². The molecular weight excluding hydrogens is 516 g/mol. The van der Waals surface area contributed by atoms with Crippen LogP contribution in [-0.4, -0.2) is 43.4 Å². The molecule has 2 aromatic carbocycles. The van der Waals surface area contributed by atoms with Gasteiger partial charge in [-0.15, -0.1) is 0 Å². The topological polar surface area (TPSA) is 82.5 Å². The van der Waals surface area contributed by atoms with Crippen LogP contribution in [0.25, 0.3) is 5.69 Å². The summed E-state index contributed by atoms with van der Waals surface area (Å²) in [6, 6.07) is 23.6. The molecule has 0 radical (unpaired) electrons. The molecule has 0 unspecified atom stereocenters. The highest BCUT2D eigenvalue weighted by atomic mass is 32.2. The van der Waals surface area contributed by atoms with Gasteiger partial charge in [-0.25, -0.2) is 8.42 Å². The molecule has 2 atom stereocenters. The fraction of sp³-hybridized carbons (Fsp3) is 0.214. The van der Waals surface area contributed by atoms with Crippen LogP contribution in [0.3, 0.4) is 0 Å². The molecule has 0 amide bonds. The third kappa shape index (κ3) is 5.09. The number of hydrogen-bond donors (Lipinski definition) is 2. The van der Waals surface area contributed by atoms with Crippen molar-refractivity contribution in [2.45, 2.75) is 19.0 Å². The molecule has 0 bridgehead atoms. The number of sulfonamides is 1. The number of thiocarbonyl (C=S) groups is 1. The second kappa shape index (κ2) is 10.1. The Kier molecular flexibility index (Phi) is 6.85. The third-order valence-electron chi connectivity index (χ3n) is 6.61. The van der Waals surface area contributed by atoms with Gasteiger partial charge in [0.1, 0.15) is 6.04 Å². The Morgan fingerprint density at radius 1 is 1.00 bits per heavy atom. The molecule has 38 heavy (non-hydrogen) atoms. The van der Waals surface area contributed by atoms with Gasteiger partial charge in [0.2, 0.25) is 10.0 Å². The molecule has 0 saturated carbocycles. The van der Waals surface area contributed by atoms with Crippen molar-refractivity contribution in [2.24, 2.45) is 0 Å². The van der Waals surface area contributed by atoms with Crippen molar-refractivity contribution in [1.29, 1.82) is 0 Å². The molecule has 0 spiro atoms. The SMILES string of the molecule is Cc1cc(N2C(=S)N[C@H](c3ccccn3)[C@@H]2c2cccn2-c2ccc(N(C)C)cc2)ccc1NS(C)(=O)=O. The zero-order valence-corrected chi connectivity index (χ0v) is 23.3. The highest BCUT2D eigenvalue weighted by molar-refractivity contribution is 7.92. The second-order valence-electron chi connectivity index (χ2n) is 9.58. The van der Waals surface area contributed by atoms with E-state index in [1.165, 1.54) is 0 Å². The zero-order valence-electron chi connectivity index (χ0n) is 21.7. The summed E-state index contributed by atoms with van der Waals surface area (Å²) >= 11 is 5.88. The van der Waals surface area contributed by atoms with Crippen LogP contribution in [-0.2, 0) is 10.0 Å². The van der Waals surface area contributed by atoms with Crippen molar-refractivity contribution in [1.82, 2.24) is 14.9 Å². The van der Waals surface area contributed by atoms with Gasteiger partial charge in [0, 0.05) is 49.2 Å². The summed E-state index contributed by atoms with van der Waals surface area (Å²) in [5.74, 6) is 0. The zero-order chi connectivity index (χ0) is 27.0. The molecule has 10 heteroatoms. The first-order valence-electron chi connectivity index (χ1n) is 12.2. The maximum absolute atomic E-state index is 11.8. The molecular formula is C28H30N6O2S2. The van der Waals surface area contributed by atoms with Crippen molar-refractivity contribution >= 4 is 44.4 Å². The normalized spacial score (nSPS) is 17.4. The third-order valence-corrected chi connectivity index (χ3v) is 7.51. The van der Waals surface area contributed by atoms with E-state index in [0.29, 0.717) is 10.8 Å². The summed E-state index contributed by atoms with van der Waals surface area (Å²) in [5.41, 5.74) is 6.28. The summed E-state index contributed by atoms with van der Waals surface area (Å²) in [6.45, 7) is 1.88. The molecule has 2 N–H and O–H groups in total. The maximum Gasteiger partial charge on any atom is 0.229 e. The number of nitrogens with zero attached hydrogens (tertiary/aromatic N) is 4. The molecule has 3 heterocycles. The van der Waals surface area contributed by atoms with Gasteiger partial charge in [0.25, 0.3) is 0 Å². The monoisotopic (exact) mass is 546 g/mol. The van der Waals surface area contributed by atoms with Crippen molar-refractivity contribution in [2.75, 3.05) is 34.9 Å². The number of rotatable bonds is 7. The van der Waals surface area contributed by atoms with Crippen LogP contribution in [0.5, 0.6) is 0 Å². The van der Waals surface area contributed by atoms with Gasteiger partial charge in [-0.1, -0.05) is 6.07 Å². The Bertz CT molecular complexity index is 1570. The molecule has 1 aliphatic rings. The molecule has 1 aliphatic heterocycles. The van der Waals surface area contributed by atoms with E-state index in [0.717, 1.165) is 40.3 Å². The van der Waals surface area contributed by atoms with Crippen molar-refractivity contribution in [3.63, 3.8) is 0 Å². The van der Waals surface area contributed by atoms with E-state index in [1.54, 1.807) is 12.3 Å². The largest absolute Gasteiger partial charge is 0.378 e. The Morgan fingerprint density at radius 3 is 2.37 bits per heavy atom. The number of anilines is 3. The van der Waals surface area contributed by atoms with E-state index >= 15 is 0 Å². The second-order valence-corrected chi connectivity index (χ2v) is 11.7. The number of hydrogen-bond acceptors (Lipinski definition) is 5. The van der Waals surface area contributed by atoms with Crippen molar-refractivity contribution in [3.05, 3.63) is 102 Å². The summed E-state index contributed by atoms with van der Waals surface area (Å²) < 4.78 is 28.4. The van der Waals surface area contributed by atoms with E-state index in [2.05, 4.69) is 65.9 Å². The van der Waals surface area contributed by atoms with Crippen molar-refractivity contribution < 1.29 is 8.42 Å².